The van der Waals surface area contributed by atoms with Gasteiger partial charge >= 0.3 is 0 Å². The van der Waals surface area contributed by atoms with E-state index in [9.17, 15) is 0 Å². The first-order valence-electron chi connectivity index (χ1n) is 7.15. The lowest BCUT2D eigenvalue weighted by molar-refractivity contribution is 0.402. The number of nitrogens with one attached hydrogen (secondary N) is 1. The highest BCUT2D eigenvalue weighted by Gasteiger charge is 2.14. The van der Waals surface area contributed by atoms with Crippen molar-refractivity contribution in [3.63, 3.8) is 0 Å². The van der Waals surface area contributed by atoms with Crippen LogP contribution in [0.4, 0.5) is 0 Å². The van der Waals surface area contributed by atoms with Gasteiger partial charge in [0.1, 0.15) is 0 Å². The van der Waals surface area contributed by atoms with Crippen LogP contribution in [0, 0.1) is 0 Å². The largest absolute Gasteiger partial charge is 0.311 e. The van der Waals surface area contributed by atoms with Gasteiger partial charge in [0.25, 0.3) is 0 Å². The lowest BCUT2D eigenvalue weighted by Crippen LogP contribution is -2.15. The fourth-order valence-corrected chi connectivity index (χ4v) is 2.59. The second-order valence-electron chi connectivity index (χ2n) is 5.11. The number of hydrogen-bond acceptors (Lipinski definition) is 2. The zero-order chi connectivity index (χ0) is 11.9. The van der Waals surface area contributed by atoms with E-state index in [1.54, 1.807) is 0 Å². The molecule has 2 rings (SSSR count). The predicted octanol–water partition coefficient (Wildman–Crippen LogP) is 3.28. The van der Waals surface area contributed by atoms with Gasteiger partial charge in [-0.1, -0.05) is 32.6 Å². The van der Waals surface area contributed by atoms with Crippen molar-refractivity contribution in [1.82, 2.24) is 15.1 Å². The van der Waals surface area contributed by atoms with E-state index in [0.29, 0.717) is 6.04 Å². The Labute approximate surface area is 105 Å². The van der Waals surface area contributed by atoms with Gasteiger partial charge in [0.05, 0.1) is 11.7 Å². The van der Waals surface area contributed by atoms with Crippen LogP contribution < -0.4 is 5.32 Å². The quantitative estimate of drug-likeness (QED) is 0.627. The van der Waals surface area contributed by atoms with Crippen LogP contribution in [0.5, 0.6) is 0 Å². The average Bonchev–Trinajstić information content (AvgIpc) is 2.64. The van der Waals surface area contributed by atoms with Crippen molar-refractivity contribution in [2.24, 2.45) is 0 Å². The molecule has 0 amide bonds. The monoisotopic (exact) mass is 235 g/mol. The zero-order valence-electron chi connectivity index (χ0n) is 11.0. The molecule has 0 saturated heterocycles. The molecular weight excluding hydrogens is 210 g/mol. The summed E-state index contributed by atoms with van der Waals surface area (Å²) >= 11 is 0. The Morgan fingerprint density at radius 2 is 2.06 bits per heavy atom. The van der Waals surface area contributed by atoms with Crippen LogP contribution in [-0.4, -0.2) is 16.3 Å². The summed E-state index contributed by atoms with van der Waals surface area (Å²) in [7, 11) is 0. The van der Waals surface area contributed by atoms with Crippen molar-refractivity contribution in [2.75, 3.05) is 6.54 Å². The summed E-state index contributed by atoms with van der Waals surface area (Å²) in [5.41, 5.74) is 1.18. The first kappa shape index (κ1) is 12.6. The van der Waals surface area contributed by atoms with Gasteiger partial charge in [-0.25, -0.2) is 0 Å². The number of hydrogen-bond donors (Lipinski definition) is 1. The lowest BCUT2D eigenvalue weighted by atomic mass is 10.1. The summed E-state index contributed by atoms with van der Waals surface area (Å²) in [6.07, 6.45) is 11.5. The van der Waals surface area contributed by atoms with Crippen molar-refractivity contribution >= 4 is 0 Å². The smallest absolute Gasteiger partial charge is 0.0762 e. The second-order valence-corrected chi connectivity index (χ2v) is 5.11. The molecule has 1 aliphatic carbocycles. The van der Waals surface area contributed by atoms with Crippen molar-refractivity contribution in [3.8, 4) is 0 Å². The van der Waals surface area contributed by atoms with Crippen molar-refractivity contribution in [2.45, 2.75) is 64.5 Å². The summed E-state index contributed by atoms with van der Waals surface area (Å²) in [6.45, 7) is 4.18. The number of rotatable bonds is 5. The molecule has 1 N–H and O–H groups in total. The third kappa shape index (κ3) is 3.84. The highest BCUT2D eigenvalue weighted by molar-refractivity contribution is 4.99. The Balaban J connectivity index is 1.87. The van der Waals surface area contributed by atoms with Crippen LogP contribution in [0.1, 0.15) is 63.6 Å². The van der Waals surface area contributed by atoms with Crippen LogP contribution in [0.3, 0.4) is 0 Å². The lowest BCUT2D eigenvalue weighted by Gasteiger charge is -2.14. The van der Waals surface area contributed by atoms with Gasteiger partial charge in [0.15, 0.2) is 0 Å². The predicted molar refractivity (Wildman–Crippen MR) is 71.0 cm³/mol. The van der Waals surface area contributed by atoms with Crippen molar-refractivity contribution in [1.29, 1.82) is 0 Å². The van der Waals surface area contributed by atoms with E-state index in [4.69, 9.17) is 5.10 Å². The molecule has 0 bridgehead atoms. The van der Waals surface area contributed by atoms with Crippen LogP contribution in [0.2, 0.25) is 0 Å². The first-order valence-corrected chi connectivity index (χ1v) is 7.15. The molecule has 3 heteroatoms. The summed E-state index contributed by atoms with van der Waals surface area (Å²) < 4.78 is 2.20. The van der Waals surface area contributed by atoms with Crippen molar-refractivity contribution in [3.05, 3.63) is 18.0 Å². The molecule has 0 radical (unpaired) electrons. The standard InChI is InChI=1S/C14H25N3/c1-2-10-15-12-13-9-11-17(16-13)14-7-5-3-4-6-8-14/h9,11,14-15H,2-8,10,12H2,1H3. The van der Waals surface area contributed by atoms with Crippen LogP contribution in [0.15, 0.2) is 12.3 Å². The molecule has 0 unspecified atom stereocenters. The van der Waals surface area contributed by atoms with E-state index >= 15 is 0 Å². The van der Waals surface area contributed by atoms with Gasteiger partial charge < -0.3 is 5.32 Å². The molecular formula is C14H25N3. The minimum absolute atomic E-state index is 0.650. The van der Waals surface area contributed by atoms with Gasteiger partial charge in [-0.05, 0) is 31.9 Å². The van der Waals surface area contributed by atoms with Crippen LogP contribution >= 0.6 is 0 Å². The third-order valence-corrected chi connectivity index (χ3v) is 3.60. The molecule has 0 atom stereocenters. The maximum atomic E-state index is 4.70. The zero-order valence-corrected chi connectivity index (χ0v) is 11.0. The highest BCUT2D eigenvalue weighted by Crippen LogP contribution is 2.26. The normalized spacial score (nSPS) is 18.2. The van der Waals surface area contributed by atoms with E-state index in [2.05, 4.69) is 29.2 Å². The van der Waals surface area contributed by atoms with E-state index < -0.39 is 0 Å². The number of nitrogens with zero attached hydrogens (tertiary/aromatic N) is 2. The van der Waals surface area contributed by atoms with Crippen LogP contribution in [0.25, 0.3) is 0 Å². The molecule has 0 aliphatic heterocycles. The molecule has 0 spiro atoms. The molecule has 1 fully saturated rings. The maximum Gasteiger partial charge on any atom is 0.0762 e. The van der Waals surface area contributed by atoms with Gasteiger partial charge in [-0.3, -0.25) is 4.68 Å². The molecule has 1 heterocycles. The summed E-state index contributed by atoms with van der Waals surface area (Å²) in [5.74, 6) is 0. The number of aromatic nitrogens is 2. The average molecular weight is 235 g/mol. The minimum atomic E-state index is 0.650. The van der Waals surface area contributed by atoms with Gasteiger partial charge in [0.2, 0.25) is 0 Å². The topological polar surface area (TPSA) is 29.9 Å². The molecule has 96 valence electrons. The highest BCUT2D eigenvalue weighted by atomic mass is 15.3. The molecule has 1 aromatic rings. The fourth-order valence-electron chi connectivity index (χ4n) is 2.59. The molecule has 1 aromatic heterocycles. The summed E-state index contributed by atoms with van der Waals surface area (Å²) in [5, 5.41) is 8.11. The SMILES string of the molecule is CCCNCc1ccn(C2CCCCCC2)n1. The van der Waals surface area contributed by atoms with Gasteiger partial charge in [-0.15, -0.1) is 0 Å². The van der Waals surface area contributed by atoms with Crippen LogP contribution in [-0.2, 0) is 6.54 Å². The molecule has 1 saturated carbocycles. The Morgan fingerprint density at radius 3 is 2.76 bits per heavy atom. The Bertz CT molecular complexity index is 311. The first-order chi connectivity index (χ1) is 8.40. The summed E-state index contributed by atoms with van der Waals surface area (Å²) in [6, 6.07) is 2.81. The summed E-state index contributed by atoms with van der Waals surface area (Å²) in [4.78, 5) is 0. The van der Waals surface area contributed by atoms with Gasteiger partial charge in [0, 0.05) is 12.7 Å². The molecule has 0 aromatic carbocycles. The minimum Gasteiger partial charge on any atom is -0.311 e. The maximum absolute atomic E-state index is 4.70. The molecule has 3 nitrogen and oxygen atoms in total. The van der Waals surface area contributed by atoms with E-state index in [1.807, 2.05) is 0 Å². The van der Waals surface area contributed by atoms with Crippen molar-refractivity contribution < 1.29 is 0 Å². The van der Waals surface area contributed by atoms with E-state index in [-0.39, 0.29) is 0 Å². The van der Waals surface area contributed by atoms with E-state index in [1.165, 1.54) is 50.6 Å². The van der Waals surface area contributed by atoms with Gasteiger partial charge in [-0.2, -0.15) is 5.10 Å². The van der Waals surface area contributed by atoms with E-state index in [0.717, 1.165) is 13.1 Å². The Hall–Kier alpha value is -0.830. The fraction of sp³-hybridized carbons (Fsp3) is 0.786. The Morgan fingerprint density at radius 1 is 1.29 bits per heavy atom. The second kappa shape index (κ2) is 6.80. The molecule has 1 aliphatic rings. The molecule has 17 heavy (non-hydrogen) atoms. The third-order valence-electron chi connectivity index (χ3n) is 3.60. The Kier molecular flexibility index (Phi) is 5.05.